The van der Waals surface area contributed by atoms with E-state index in [0.717, 1.165) is 5.56 Å². The first kappa shape index (κ1) is 21.7. The van der Waals surface area contributed by atoms with Crippen LogP contribution in [-0.4, -0.2) is 40.0 Å². The molecule has 1 fully saturated rings. The van der Waals surface area contributed by atoms with Crippen molar-refractivity contribution in [3.05, 3.63) is 70.9 Å². The molecule has 2 aromatic carbocycles. The maximum Gasteiger partial charge on any atom is 0.253 e. The summed E-state index contributed by atoms with van der Waals surface area (Å²) in [5, 5.41) is 10.7. The molecule has 0 saturated carbocycles. The van der Waals surface area contributed by atoms with E-state index in [1.807, 2.05) is 12.1 Å². The van der Waals surface area contributed by atoms with E-state index in [0.29, 0.717) is 54.4 Å². The van der Waals surface area contributed by atoms with Crippen molar-refractivity contribution in [3.8, 4) is 11.5 Å². The predicted octanol–water partition coefficient (Wildman–Crippen LogP) is 3.66. The Morgan fingerprint density at radius 2 is 1.91 bits per heavy atom. The topological polar surface area (TPSA) is 88.3 Å². The molecule has 32 heavy (non-hydrogen) atoms. The van der Waals surface area contributed by atoms with Crippen LogP contribution in [-0.2, 0) is 11.3 Å². The first-order valence-electron chi connectivity index (χ1n) is 10.6. The van der Waals surface area contributed by atoms with E-state index >= 15 is 0 Å². The first-order valence-corrected chi connectivity index (χ1v) is 10.6. The number of hydrogen-bond donors (Lipinski definition) is 1. The number of halogens is 1. The lowest BCUT2D eigenvalue weighted by atomic mass is 9.95. The average Bonchev–Trinajstić information content (AvgIpc) is 3.25. The average molecular weight is 436 g/mol. The molecule has 4 rings (SSSR count). The number of rotatable bonds is 5. The van der Waals surface area contributed by atoms with E-state index in [-0.39, 0.29) is 30.1 Å². The van der Waals surface area contributed by atoms with E-state index in [2.05, 4.69) is 15.5 Å². The molecule has 1 aliphatic rings. The molecule has 0 bridgehead atoms. The molecular weight excluding hydrogens is 411 g/mol. The molecule has 1 saturated heterocycles. The number of amides is 2. The Labute approximate surface area is 185 Å². The summed E-state index contributed by atoms with van der Waals surface area (Å²) in [6.45, 7) is 4.71. The molecule has 1 aliphatic heterocycles. The van der Waals surface area contributed by atoms with E-state index in [1.54, 1.807) is 43.0 Å². The van der Waals surface area contributed by atoms with Crippen LogP contribution in [0.25, 0.3) is 11.5 Å². The van der Waals surface area contributed by atoms with Crippen LogP contribution in [0.2, 0.25) is 0 Å². The normalized spacial score (nSPS) is 14.4. The van der Waals surface area contributed by atoms with Gasteiger partial charge < -0.3 is 14.6 Å². The SMILES string of the molecule is Cc1nnc(-c2cccc(C(=O)N3CCC(C(=O)NCc4ccc(C)c(F)c4)CC3)c2)o1. The van der Waals surface area contributed by atoms with E-state index in [9.17, 15) is 14.0 Å². The second-order valence-corrected chi connectivity index (χ2v) is 8.07. The number of aromatic nitrogens is 2. The van der Waals surface area contributed by atoms with Gasteiger partial charge in [0.05, 0.1) is 0 Å². The zero-order valence-corrected chi connectivity index (χ0v) is 18.1. The molecule has 0 atom stereocenters. The highest BCUT2D eigenvalue weighted by Gasteiger charge is 2.28. The molecule has 3 aromatic rings. The summed E-state index contributed by atoms with van der Waals surface area (Å²) in [7, 11) is 0. The van der Waals surface area contributed by atoms with Gasteiger partial charge in [0.25, 0.3) is 5.91 Å². The number of piperidine rings is 1. The molecule has 166 valence electrons. The third-order valence-corrected chi connectivity index (χ3v) is 5.74. The lowest BCUT2D eigenvalue weighted by molar-refractivity contribution is -0.126. The summed E-state index contributed by atoms with van der Waals surface area (Å²) < 4.78 is 19.1. The van der Waals surface area contributed by atoms with E-state index in [1.165, 1.54) is 6.07 Å². The Morgan fingerprint density at radius 1 is 1.12 bits per heavy atom. The summed E-state index contributed by atoms with van der Waals surface area (Å²) in [6, 6.07) is 12.1. The molecule has 2 heterocycles. The Balaban J connectivity index is 1.31. The summed E-state index contributed by atoms with van der Waals surface area (Å²) in [6.07, 6.45) is 1.17. The highest BCUT2D eigenvalue weighted by atomic mass is 19.1. The van der Waals surface area contributed by atoms with Crippen molar-refractivity contribution in [1.82, 2.24) is 20.4 Å². The molecule has 1 aromatic heterocycles. The van der Waals surface area contributed by atoms with Crippen LogP contribution >= 0.6 is 0 Å². The van der Waals surface area contributed by atoms with Crippen LogP contribution in [0.5, 0.6) is 0 Å². The van der Waals surface area contributed by atoms with Gasteiger partial charge in [-0.15, -0.1) is 10.2 Å². The molecule has 0 radical (unpaired) electrons. The lowest BCUT2D eigenvalue weighted by Gasteiger charge is -2.31. The molecule has 0 unspecified atom stereocenters. The van der Waals surface area contributed by atoms with Gasteiger partial charge in [-0.25, -0.2) is 4.39 Å². The highest BCUT2D eigenvalue weighted by molar-refractivity contribution is 5.95. The fraction of sp³-hybridized carbons (Fsp3) is 0.333. The fourth-order valence-electron chi connectivity index (χ4n) is 3.81. The van der Waals surface area contributed by atoms with Crippen molar-refractivity contribution in [2.24, 2.45) is 5.92 Å². The van der Waals surface area contributed by atoms with Crippen molar-refractivity contribution in [1.29, 1.82) is 0 Å². The van der Waals surface area contributed by atoms with Gasteiger partial charge in [-0.2, -0.15) is 0 Å². The number of hydrogen-bond acceptors (Lipinski definition) is 5. The molecule has 7 nitrogen and oxygen atoms in total. The fourth-order valence-corrected chi connectivity index (χ4v) is 3.81. The number of nitrogens with zero attached hydrogens (tertiary/aromatic N) is 3. The van der Waals surface area contributed by atoms with Crippen LogP contribution in [0.15, 0.2) is 46.9 Å². The highest BCUT2D eigenvalue weighted by Crippen LogP contribution is 2.23. The van der Waals surface area contributed by atoms with Gasteiger partial charge in [0, 0.05) is 43.6 Å². The summed E-state index contributed by atoms with van der Waals surface area (Å²) in [5.74, 6) is 0.249. The Hall–Kier alpha value is -3.55. The van der Waals surface area contributed by atoms with Gasteiger partial charge in [0.15, 0.2) is 0 Å². The van der Waals surface area contributed by atoms with Gasteiger partial charge in [-0.3, -0.25) is 9.59 Å². The van der Waals surface area contributed by atoms with Crippen LogP contribution < -0.4 is 5.32 Å². The summed E-state index contributed by atoms with van der Waals surface area (Å²) in [5.41, 5.74) is 2.54. The van der Waals surface area contributed by atoms with Crippen molar-refractivity contribution in [2.75, 3.05) is 13.1 Å². The lowest BCUT2D eigenvalue weighted by Crippen LogP contribution is -2.42. The second-order valence-electron chi connectivity index (χ2n) is 8.07. The quantitative estimate of drug-likeness (QED) is 0.659. The van der Waals surface area contributed by atoms with Crippen molar-refractivity contribution < 1.29 is 18.4 Å². The van der Waals surface area contributed by atoms with Crippen molar-refractivity contribution in [3.63, 3.8) is 0 Å². The second kappa shape index (κ2) is 9.30. The van der Waals surface area contributed by atoms with Crippen molar-refractivity contribution >= 4 is 11.8 Å². The predicted molar refractivity (Wildman–Crippen MR) is 116 cm³/mol. The number of aryl methyl sites for hydroxylation is 2. The minimum Gasteiger partial charge on any atom is -0.421 e. The number of benzene rings is 2. The van der Waals surface area contributed by atoms with Gasteiger partial charge in [0.1, 0.15) is 5.82 Å². The standard InChI is InChI=1S/C24H25FN4O3/c1-15-6-7-17(12-21(15)25)14-26-22(30)18-8-10-29(11-9-18)24(31)20-5-3-4-19(13-20)23-28-27-16(2)32-23/h3-7,12-13,18H,8-11,14H2,1-2H3,(H,26,30). The zero-order valence-electron chi connectivity index (χ0n) is 18.1. The first-order chi connectivity index (χ1) is 15.4. The Morgan fingerprint density at radius 3 is 2.59 bits per heavy atom. The molecule has 0 aliphatic carbocycles. The Bertz CT molecular complexity index is 1140. The van der Waals surface area contributed by atoms with Crippen LogP contribution in [0.3, 0.4) is 0 Å². The van der Waals surface area contributed by atoms with Crippen molar-refractivity contribution in [2.45, 2.75) is 33.2 Å². The van der Waals surface area contributed by atoms with Crippen LogP contribution in [0.1, 0.15) is 40.2 Å². The smallest absolute Gasteiger partial charge is 0.253 e. The Kier molecular flexibility index (Phi) is 6.30. The molecule has 1 N–H and O–H groups in total. The monoisotopic (exact) mass is 436 g/mol. The molecule has 8 heteroatoms. The van der Waals surface area contributed by atoms with Gasteiger partial charge >= 0.3 is 0 Å². The van der Waals surface area contributed by atoms with Gasteiger partial charge in [-0.05, 0) is 55.2 Å². The van der Waals surface area contributed by atoms with E-state index in [4.69, 9.17) is 4.42 Å². The number of carbonyl (C=O) groups excluding carboxylic acids is 2. The molecule has 0 spiro atoms. The van der Waals surface area contributed by atoms with E-state index < -0.39 is 0 Å². The third-order valence-electron chi connectivity index (χ3n) is 5.74. The number of likely N-dealkylation sites (tertiary alicyclic amines) is 1. The molecule has 2 amide bonds. The largest absolute Gasteiger partial charge is 0.421 e. The third kappa shape index (κ3) is 4.85. The zero-order chi connectivity index (χ0) is 22.7. The number of carbonyl (C=O) groups is 2. The minimum atomic E-state index is -0.276. The van der Waals surface area contributed by atoms with Gasteiger partial charge in [0.2, 0.25) is 17.7 Å². The maximum absolute atomic E-state index is 13.7. The summed E-state index contributed by atoms with van der Waals surface area (Å²) in [4.78, 5) is 27.3. The summed E-state index contributed by atoms with van der Waals surface area (Å²) >= 11 is 0. The van der Waals surface area contributed by atoms with Gasteiger partial charge in [-0.1, -0.05) is 18.2 Å². The number of nitrogens with one attached hydrogen (secondary N) is 1. The maximum atomic E-state index is 13.7. The van der Waals surface area contributed by atoms with Crippen LogP contribution in [0.4, 0.5) is 4.39 Å². The molecular formula is C24H25FN4O3. The van der Waals surface area contributed by atoms with Crippen LogP contribution in [0, 0.1) is 25.6 Å². The minimum absolute atomic E-state index is 0.0631.